The van der Waals surface area contributed by atoms with Gasteiger partial charge in [0.2, 0.25) is 0 Å². The molecule has 10 nitrogen and oxygen atoms in total. The highest BCUT2D eigenvalue weighted by Gasteiger charge is 2.51. The SMILES string of the molecule is COc1cc(OC)cc(-c2cc(CCC[C@@]3(C(=O)O)CCCN3C(=O)OCC3c4ccccc4-c4ccccc43)c(/C=C3\SC(=S)N(C4CC5CCC4C5)C3=O)o2)c1. The van der Waals surface area contributed by atoms with Crippen LogP contribution in [0.5, 0.6) is 11.5 Å². The standard InChI is InChI=1S/C46H46N2O8S2/c1-53-31-21-30(22-32(24-31)54-2)39-23-29(40(56-39)25-41-42(49)48(45(57)58-41)38-20-27-14-15-28(38)19-27)9-7-16-46(43(50)51)17-8-18-47(46)44(52)55-26-37-35-12-5-3-10-33(35)34-11-4-6-13-36(34)37/h3-6,10-13,21-25,27-28,37-38H,7-9,14-20,26H2,1-2H3,(H,50,51)/b41-25-/t27?,28?,38?,46-/m0/s1. The zero-order valence-electron chi connectivity index (χ0n) is 32.6. The lowest BCUT2D eigenvalue weighted by atomic mass is 9.89. The first-order valence-corrected chi connectivity index (χ1v) is 21.4. The summed E-state index contributed by atoms with van der Waals surface area (Å²) in [7, 11) is 3.17. The second kappa shape index (κ2) is 15.6. The number of carbonyl (C=O) groups is 3. The molecule has 2 aliphatic heterocycles. The molecule has 3 aromatic carbocycles. The molecular weight excluding hydrogens is 773 g/mol. The minimum atomic E-state index is -1.42. The van der Waals surface area contributed by atoms with E-state index in [2.05, 4.69) is 24.3 Å². The molecule has 5 aliphatic rings. The van der Waals surface area contributed by atoms with Gasteiger partial charge in [0.05, 0.1) is 19.1 Å². The highest BCUT2D eigenvalue weighted by atomic mass is 32.2. The molecule has 4 aromatic rings. The Hall–Kier alpha value is -5.07. The largest absolute Gasteiger partial charge is 0.497 e. The number of fused-ring (bicyclic) bond motifs is 5. The number of ether oxygens (including phenoxy) is 3. The second-order valence-corrected chi connectivity index (χ2v) is 17.8. The van der Waals surface area contributed by atoms with Crippen molar-refractivity contribution in [2.24, 2.45) is 11.8 Å². The summed E-state index contributed by atoms with van der Waals surface area (Å²) in [5.41, 5.74) is 4.56. The summed E-state index contributed by atoms with van der Waals surface area (Å²) in [5.74, 6) is 2.14. The zero-order chi connectivity index (χ0) is 40.1. The summed E-state index contributed by atoms with van der Waals surface area (Å²) in [4.78, 5) is 44.8. The number of carboxylic acid groups (broad SMARTS) is 1. The molecule has 2 amide bonds. The van der Waals surface area contributed by atoms with Gasteiger partial charge in [-0.05, 0) is 109 Å². The normalized spacial score (nSPS) is 24.2. The fourth-order valence-electron chi connectivity index (χ4n) is 10.2. The number of furan rings is 1. The fourth-order valence-corrected chi connectivity index (χ4v) is 11.6. The molecule has 2 bridgehead atoms. The van der Waals surface area contributed by atoms with Crippen LogP contribution >= 0.6 is 24.0 Å². The van der Waals surface area contributed by atoms with Gasteiger partial charge in [0.25, 0.3) is 5.91 Å². The summed E-state index contributed by atoms with van der Waals surface area (Å²) < 4.78 is 24.2. The number of methoxy groups -OCH3 is 2. The molecule has 2 saturated heterocycles. The number of rotatable bonds is 12. The van der Waals surface area contributed by atoms with Crippen molar-refractivity contribution < 1.29 is 38.1 Å². The number of hydrogen-bond acceptors (Lipinski definition) is 9. The van der Waals surface area contributed by atoms with Crippen LogP contribution in [-0.2, 0) is 20.7 Å². The van der Waals surface area contributed by atoms with E-state index >= 15 is 0 Å². The van der Waals surface area contributed by atoms with Crippen molar-refractivity contribution >= 4 is 52.3 Å². The number of hydrogen-bond donors (Lipinski definition) is 1. The van der Waals surface area contributed by atoms with E-state index in [1.807, 2.05) is 47.4 Å². The highest BCUT2D eigenvalue weighted by Crippen LogP contribution is 2.50. The van der Waals surface area contributed by atoms with Crippen molar-refractivity contribution in [1.82, 2.24) is 9.80 Å². The molecule has 12 heteroatoms. The van der Waals surface area contributed by atoms with Crippen LogP contribution in [0.1, 0.15) is 79.7 Å². The third-order valence-corrected chi connectivity index (χ3v) is 14.4. The first-order valence-electron chi connectivity index (χ1n) is 20.2. The molecule has 9 rings (SSSR count). The van der Waals surface area contributed by atoms with Crippen molar-refractivity contribution in [1.29, 1.82) is 0 Å². The lowest BCUT2D eigenvalue weighted by molar-refractivity contribution is -0.149. The Kier molecular flexibility index (Phi) is 10.3. The number of carboxylic acids is 1. The van der Waals surface area contributed by atoms with Gasteiger partial charge in [0.15, 0.2) is 0 Å². The number of aryl methyl sites for hydroxylation is 1. The molecule has 2 saturated carbocycles. The smallest absolute Gasteiger partial charge is 0.410 e. The summed E-state index contributed by atoms with van der Waals surface area (Å²) in [6.45, 7) is 0.412. The minimum Gasteiger partial charge on any atom is -0.497 e. The number of amides is 2. The van der Waals surface area contributed by atoms with Crippen molar-refractivity contribution in [2.45, 2.75) is 75.3 Å². The molecule has 1 N–H and O–H groups in total. The van der Waals surface area contributed by atoms with E-state index < -0.39 is 17.6 Å². The average Bonchev–Trinajstić information content (AvgIpc) is 4.10. The number of benzene rings is 3. The van der Waals surface area contributed by atoms with Crippen LogP contribution in [-0.4, -0.2) is 76.1 Å². The van der Waals surface area contributed by atoms with Crippen molar-refractivity contribution in [3.05, 3.63) is 100 Å². The first-order chi connectivity index (χ1) is 28.2. The summed E-state index contributed by atoms with van der Waals surface area (Å²) in [6.07, 6.45) is 7.67. The molecular formula is C46H46N2O8S2. The van der Waals surface area contributed by atoms with E-state index in [1.54, 1.807) is 26.4 Å². The van der Waals surface area contributed by atoms with Gasteiger partial charge in [-0.3, -0.25) is 14.6 Å². The topological polar surface area (TPSA) is 119 Å². The van der Waals surface area contributed by atoms with Gasteiger partial charge in [-0.1, -0.05) is 78.9 Å². The highest BCUT2D eigenvalue weighted by molar-refractivity contribution is 8.26. The number of aliphatic carboxylic acids is 1. The van der Waals surface area contributed by atoms with E-state index in [4.69, 9.17) is 30.8 Å². The Morgan fingerprint density at radius 2 is 1.69 bits per heavy atom. The van der Waals surface area contributed by atoms with Crippen LogP contribution < -0.4 is 9.47 Å². The maximum absolute atomic E-state index is 14.0. The van der Waals surface area contributed by atoms with Gasteiger partial charge >= 0.3 is 12.1 Å². The van der Waals surface area contributed by atoms with Crippen molar-refractivity contribution in [2.75, 3.05) is 27.4 Å². The molecule has 58 heavy (non-hydrogen) atoms. The molecule has 300 valence electrons. The van der Waals surface area contributed by atoms with E-state index in [9.17, 15) is 19.5 Å². The molecule has 3 heterocycles. The van der Waals surface area contributed by atoms with Gasteiger partial charge < -0.3 is 23.7 Å². The molecule has 0 radical (unpaired) electrons. The Balaban J connectivity index is 0.954. The Morgan fingerprint density at radius 1 is 0.983 bits per heavy atom. The molecule has 4 fully saturated rings. The third-order valence-electron chi connectivity index (χ3n) is 13.1. The van der Waals surface area contributed by atoms with Gasteiger partial charge in [0.1, 0.15) is 39.5 Å². The first kappa shape index (κ1) is 38.4. The quantitative estimate of drug-likeness (QED) is 0.109. The summed E-state index contributed by atoms with van der Waals surface area (Å²) in [6, 6.07) is 23.8. The third kappa shape index (κ3) is 6.77. The lowest BCUT2D eigenvalue weighted by Gasteiger charge is -2.34. The van der Waals surface area contributed by atoms with Crippen molar-refractivity contribution in [3.8, 4) is 33.9 Å². The van der Waals surface area contributed by atoms with E-state index in [1.165, 1.54) is 23.1 Å². The van der Waals surface area contributed by atoms with Crippen molar-refractivity contribution in [3.63, 3.8) is 0 Å². The monoisotopic (exact) mass is 818 g/mol. The number of likely N-dealkylation sites (tertiary alicyclic amines) is 1. The fraction of sp³-hybridized carbons (Fsp3) is 0.391. The van der Waals surface area contributed by atoms with Gasteiger partial charge in [-0.15, -0.1) is 0 Å². The van der Waals surface area contributed by atoms with Crippen LogP contribution in [0.25, 0.3) is 28.5 Å². The average molecular weight is 819 g/mol. The van der Waals surface area contributed by atoms with Crippen LogP contribution in [0.2, 0.25) is 0 Å². The number of nitrogens with zero attached hydrogens (tertiary/aromatic N) is 2. The van der Waals surface area contributed by atoms with Gasteiger partial charge in [0, 0.05) is 36.2 Å². The van der Waals surface area contributed by atoms with Crippen LogP contribution in [0, 0.1) is 11.8 Å². The van der Waals surface area contributed by atoms with E-state index in [0.29, 0.717) is 76.3 Å². The molecule has 3 unspecified atom stereocenters. The van der Waals surface area contributed by atoms with E-state index in [-0.39, 0.29) is 30.9 Å². The number of thioether (sulfide) groups is 1. The van der Waals surface area contributed by atoms with Crippen LogP contribution in [0.15, 0.2) is 82.1 Å². The Labute approximate surface area is 347 Å². The number of carbonyl (C=O) groups excluding carboxylic acids is 2. The second-order valence-electron chi connectivity index (χ2n) is 16.1. The molecule has 1 aromatic heterocycles. The Morgan fingerprint density at radius 3 is 2.33 bits per heavy atom. The minimum absolute atomic E-state index is 0.0889. The maximum Gasteiger partial charge on any atom is 0.410 e. The summed E-state index contributed by atoms with van der Waals surface area (Å²) in [5, 5.41) is 10.8. The maximum atomic E-state index is 14.0. The van der Waals surface area contributed by atoms with Crippen LogP contribution in [0.4, 0.5) is 4.79 Å². The molecule has 3 aliphatic carbocycles. The van der Waals surface area contributed by atoms with Gasteiger partial charge in [-0.2, -0.15) is 0 Å². The summed E-state index contributed by atoms with van der Waals surface area (Å²) >= 11 is 7.10. The number of thiocarbonyl (C=S) groups is 1. The van der Waals surface area contributed by atoms with Crippen LogP contribution in [0.3, 0.4) is 0 Å². The predicted octanol–water partition coefficient (Wildman–Crippen LogP) is 9.54. The molecule has 4 atom stereocenters. The van der Waals surface area contributed by atoms with E-state index in [0.717, 1.165) is 52.6 Å². The lowest BCUT2D eigenvalue weighted by Crippen LogP contribution is -2.53. The Bertz CT molecular complexity index is 2270. The molecule has 0 spiro atoms. The zero-order valence-corrected chi connectivity index (χ0v) is 34.2. The predicted molar refractivity (Wildman–Crippen MR) is 226 cm³/mol. The van der Waals surface area contributed by atoms with Gasteiger partial charge in [-0.25, -0.2) is 9.59 Å².